The molecule has 0 bridgehead atoms. The highest BCUT2D eigenvalue weighted by molar-refractivity contribution is 7.71. The van der Waals surface area contributed by atoms with Crippen LogP contribution in [0.2, 0.25) is 0 Å². The van der Waals surface area contributed by atoms with E-state index in [1.54, 1.807) is 0 Å². The summed E-state index contributed by atoms with van der Waals surface area (Å²) < 4.78 is 54.2. The van der Waals surface area contributed by atoms with Crippen LogP contribution in [-0.4, -0.2) is 42.4 Å². The Morgan fingerprint density at radius 2 is 1.75 bits per heavy atom. The van der Waals surface area contributed by atoms with E-state index in [4.69, 9.17) is 26.4 Å². The van der Waals surface area contributed by atoms with Gasteiger partial charge in [-0.2, -0.15) is 22.9 Å². The van der Waals surface area contributed by atoms with Crippen LogP contribution < -0.4 is 14.2 Å². The number of halogens is 3. The predicted molar refractivity (Wildman–Crippen MR) is 81.5 cm³/mol. The molecule has 0 aliphatic carbocycles. The number of nitrogens with one attached hydrogen (secondary N) is 1. The molecular weight excluding hydrogens is 349 g/mol. The Labute approximate surface area is 139 Å². The molecule has 0 saturated carbocycles. The van der Waals surface area contributed by atoms with Gasteiger partial charge in [0.1, 0.15) is 0 Å². The fraction of sp³-hybridized carbons (Fsp3) is 0.308. The van der Waals surface area contributed by atoms with Crippen molar-refractivity contribution in [1.29, 1.82) is 0 Å². The van der Waals surface area contributed by atoms with Crippen molar-refractivity contribution in [3.05, 3.63) is 28.3 Å². The quantitative estimate of drug-likeness (QED) is 0.654. The molecule has 11 heteroatoms. The number of H-pyrrole nitrogens is 1. The van der Waals surface area contributed by atoms with Crippen molar-refractivity contribution in [2.75, 3.05) is 21.3 Å². The van der Waals surface area contributed by atoms with Crippen molar-refractivity contribution < 1.29 is 27.4 Å². The first-order valence-electron chi connectivity index (χ1n) is 6.40. The molecule has 0 aliphatic rings. The van der Waals surface area contributed by atoms with Gasteiger partial charge in [-0.25, -0.2) is 5.10 Å². The highest BCUT2D eigenvalue weighted by Crippen LogP contribution is 2.37. The van der Waals surface area contributed by atoms with E-state index in [1.807, 2.05) is 0 Å². The van der Waals surface area contributed by atoms with Gasteiger partial charge in [-0.15, -0.1) is 5.10 Å². The molecule has 1 aromatic carbocycles. The van der Waals surface area contributed by atoms with E-state index in [9.17, 15) is 13.2 Å². The fourth-order valence-electron chi connectivity index (χ4n) is 1.88. The number of aromatic nitrogens is 3. The normalized spacial score (nSPS) is 11.8. The Balaban J connectivity index is 2.47. The molecule has 1 heterocycles. The first-order chi connectivity index (χ1) is 11.3. The molecule has 24 heavy (non-hydrogen) atoms. The zero-order valence-electron chi connectivity index (χ0n) is 12.8. The number of hydrogen-bond donors (Lipinski definition) is 1. The van der Waals surface area contributed by atoms with Gasteiger partial charge in [0.05, 0.1) is 27.5 Å². The summed E-state index contributed by atoms with van der Waals surface area (Å²) in [5, 5.41) is 8.92. The highest BCUT2D eigenvalue weighted by atomic mass is 32.1. The number of ether oxygens (including phenoxy) is 3. The van der Waals surface area contributed by atoms with Crippen LogP contribution in [-0.2, 0) is 6.18 Å². The molecule has 0 amide bonds. The zero-order chi connectivity index (χ0) is 17.9. The molecule has 0 aliphatic heterocycles. The van der Waals surface area contributed by atoms with Gasteiger partial charge in [0.2, 0.25) is 10.5 Å². The molecule has 1 aromatic heterocycles. The lowest BCUT2D eigenvalue weighted by molar-refractivity contribution is -0.147. The summed E-state index contributed by atoms with van der Waals surface area (Å²) in [6.45, 7) is 0. The standard InChI is InChI=1S/C13H13F3N4O3S/c1-21-8-4-7(5-9(22-2)10(8)23-3)6-17-20-11(13(14,15)16)18-19-12(20)24/h4-6H,1-3H3,(H,19,24)/b17-6-. The second kappa shape index (κ2) is 6.91. The molecular formula is C13H13F3N4O3S. The van der Waals surface area contributed by atoms with Crippen LogP contribution in [0.3, 0.4) is 0 Å². The lowest BCUT2D eigenvalue weighted by Gasteiger charge is -2.12. The minimum absolute atomic E-state index is 0.286. The lowest BCUT2D eigenvalue weighted by Crippen LogP contribution is -2.12. The van der Waals surface area contributed by atoms with Crippen LogP contribution in [0.5, 0.6) is 17.2 Å². The van der Waals surface area contributed by atoms with Gasteiger partial charge in [0.25, 0.3) is 5.82 Å². The molecule has 130 valence electrons. The summed E-state index contributed by atoms with van der Waals surface area (Å²) in [5.74, 6) is -0.223. The summed E-state index contributed by atoms with van der Waals surface area (Å²) in [7, 11) is 4.28. The van der Waals surface area contributed by atoms with Crippen molar-refractivity contribution in [3.8, 4) is 17.2 Å². The molecule has 0 radical (unpaired) electrons. The maximum atomic E-state index is 12.8. The molecule has 2 aromatic rings. The fourth-order valence-corrected chi connectivity index (χ4v) is 2.06. The van der Waals surface area contributed by atoms with Crippen LogP contribution in [0.4, 0.5) is 13.2 Å². The van der Waals surface area contributed by atoms with E-state index >= 15 is 0 Å². The Hall–Kier alpha value is -2.56. The average Bonchev–Trinajstić information content (AvgIpc) is 2.92. The first kappa shape index (κ1) is 17.8. The zero-order valence-corrected chi connectivity index (χ0v) is 13.7. The van der Waals surface area contributed by atoms with Crippen LogP contribution in [0.25, 0.3) is 0 Å². The Kier molecular flexibility index (Phi) is 5.12. The topological polar surface area (TPSA) is 73.7 Å². The summed E-state index contributed by atoms with van der Waals surface area (Å²) in [5.41, 5.74) is 0.417. The number of rotatable bonds is 5. The summed E-state index contributed by atoms with van der Waals surface area (Å²) in [6, 6.07) is 3.06. The van der Waals surface area contributed by atoms with Crippen LogP contribution in [0.15, 0.2) is 17.2 Å². The van der Waals surface area contributed by atoms with Gasteiger partial charge in [-0.05, 0) is 24.4 Å². The SMILES string of the molecule is COc1cc(/C=N\n2c(C(F)(F)F)n[nH]c2=S)cc(OC)c1OC. The monoisotopic (exact) mass is 362 g/mol. The first-order valence-corrected chi connectivity index (χ1v) is 6.81. The molecule has 2 rings (SSSR count). The lowest BCUT2D eigenvalue weighted by atomic mass is 10.2. The molecule has 0 fully saturated rings. The third-order valence-electron chi connectivity index (χ3n) is 2.91. The molecule has 0 saturated heterocycles. The van der Waals surface area contributed by atoms with Crippen molar-refractivity contribution in [2.45, 2.75) is 6.18 Å². The van der Waals surface area contributed by atoms with Gasteiger partial charge in [0, 0.05) is 5.56 Å². The van der Waals surface area contributed by atoms with Crippen LogP contribution >= 0.6 is 12.2 Å². The van der Waals surface area contributed by atoms with Gasteiger partial charge in [-0.1, -0.05) is 0 Å². The average molecular weight is 362 g/mol. The summed E-state index contributed by atoms with van der Waals surface area (Å²) in [4.78, 5) is 0. The number of nitrogens with zero attached hydrogens (tertiary/aromatic N) is 3. The van der Waals surface area contributed by atoms with Gasteiger partial charge < -0.3 is 14.2 Å². The van der Waals surface area contributed by atoms with Crippen molar-refractivity contribution in [2.24, 2.45) is 5.10 Å². The van der Waals surface area contributed by atoms with Crippen molar-refractivity contribution in [1.82, 2.24) is 14.9 Å². The summed E-state index contributed by atoms with van der Waals surface area (Å²) >= 11 is 4.76. The molecule has 0 unspecified atom stereocenters. The number of hydrogen-bond acceptors (Lipinski definition) is 6. The van der Waals surface area contributed by atoms with E-state index in [0.717, 1.165) is 0 Å². The Morgan fingerprint density at radius 3 is 2.21 bits per heavy atom. The largest absolute Gasteiger partial charge is 0.493 e. The highest BCUT2D eigenvalue weighted by Gasteiger charge is 2.37. The van der Waals surface area contributed by atoms with E-state index in [-0.39, 0.29) is 4.77 Å². The Morgan fingerprint density at radius 1 is 1.17 bits per heavy atom. The second-order valence-electron chi connectivity index (χ2n) is 4.37. The minimum Gasteiger partial charge on any atom is -0.493 e. The molecule has 7 nitrogen and oxygen atoms in total. The third-order valence-corrected chi connectivity index (χ3v) is 3.18. The molecule has 0 spiro atoms. The number of benzene rings is 1. The predicted octanol–water partition coefficient (Wildman–Crippen LogP) is 2.87. The second-order valence-corrected chi connectivity index (χ2v) is 4.75. The third kappa shape index (κ3) is 3.50. The van der Waals surface area contributed by atoms with Gasteiger partial charge in [0.15, 0.2) is 11.5 Å². The minimum atomic E-state index is -4.69. The maximum Gasteiger partial charge on any atom is 0.453 e. The van der Waals surface area contributed by atoms with E-state index < -0.39 is 12.0 Å². The van der Waals surface area contributed by atoms with Gasteiger partial charge in [-0.3, -0.25) is 0 Å². The number of alkyl halides is 3. The molecule has 1 N–H and O–H groups in total. The molecule has 0 atom stereocenters. The van der Waals surface area contributed by atoms with Crippen molar-refractivity contribution in [3.63, 3.8) is 0 Å². The Bertz CT molecular complexity index is 789. The van der Waals surface area contributed by atoms with Gasteiger partial charge >= 0.3 is 6.18 Å². The number of aromatic amines is 1. The number of methoxy groups -OCH3 is 3. The van der Waals surface area contributed by atoms with E-state index in [1.165, 1.54) is 39.7 Å². The van der Waals surface area contributed by atoms with Crippen LogP contribution in [0, 0.1) is 4.77 Å². The summed E-state index contributed by atoms with van der Waals surface area (Å²) in [6.07, 6.45) is -3.52. The van der Waals surface area contributed by atoms with Crippen LogP contribution in [0.1, 0.15) is 11.4 Å². The maximum absolute atomic E-state index is 12.8. The smallest absolute Gasteiger partial charge is 0.453 e. The van der Waals surface area contributed by atoms with E-state index in [0.29, 0.717) is 27.5 Å². The van der Waals surface area contributed by atoms with Crippen molar-refractivity contribution >= 4 is 18.4 Å². The van der Waals surface area contributed by atoms with E-state index in [2.05, 4.69) is 15.3 Å².